The van der Waals surface area contributed by atoms with Crippen LogP contribution < -0.4 is 5.32 Å². The lowest BCUT2D eigenvalue weighted by Gasteiger charge is -2.19. The van der Waals surface area contributed by atoms with Gasteiger partial charge in [0.05, 0.1) is 25.4 Å². The molecule has 1 N–H and O–H groups in total. The number of benzene rings is 1. The highest BCUT2D eigenvalue weighted by atomic mass is 127. The topological polar surface area (TPSA) is 69.3 Å². The van der Waals surface area contributed by atoms with Crippen molar-refractivity contribution < 1.29 is 9.21 Å². The van der Waals surface area contributed by atoms with E-state index in [1.807, 2.05) is 41.3 Å². The monoisotopic (exact) mass is 409 g/mol. The van der Waals surface area contributed by atoms with Gasteiger partial charge in [-0.25, -0.2) is 0 Å². The van der Waals surface area contributed by atoms with Crippen molar-refractivity contribution in [3.8, 4) is 6.07 Å². The standard InChI is InChI=1S/C16H16IN3O2/c17-13-4-6-14(7-5-13)19-16(21)12-20(9-2-8-18)11-15-3-1-10-22-15/h1,3-7,10H,2,9,11-12H2,(H,19,21). The van der Waals surface area contributed by atoms with Crippen molar-refractivity contribution in [2.75, 3.05) is 18.4 Å². The number of halogens is 1. The molecule has 1 aromatic carbocycles. The molecule has 0 aliphatic carbocycles. The molecule has 6 heteroatoms. The van der Waals surface area contributed by atoms with Gasteiger partial charge in [0.25, 0.3) is 0 Å². The van der Waals surface area contributed by atoms with E-state index in [1.165, 1.54) is 0 Å². The molecule has 1 amide bonds. The first-order chi connectivity index (χ1) is 10.7. The molecular formula is C16H16IN3O2. The van der Waals surface area contributed by atoms with Crippen molar-refractivity contribution in [3.63, 3.8) is 0 Å². The van der Waals surface area contributed by atoms with E-state index < -0.39 is 0 Å². The quantitative estimate of drug-likeness (QED) is 0.713. The van der Waals surface area contributed by atoms with Crippen LogP contribution in [-0.2, 0) is 11.3 Å². The Morgan fingerprint density at radius 2 is 2.09 bits per heavy atom. The summed E-state index contributed by atoms with van der Waals surface area (Å²) < 4.78 is 6.41. The maximum Gasteiger partial charge on any atom is 0.238 e. The van der Waals surface area contributed by atoms with E-state index in [0.717, 1.165) is 15.0 Å². The molecule has 0 unspecified atom stereocenters. The Kier molecular flexibility index (Phi) is 6.43. The second-order valence-corrected chi connectivity index (χ2v) is 6.00. The van der Waals surface area contributed by atoms with E-state index in [-0.39, 0.29) is 12.5 Å². The smallest absolute Gasteiger partial charge is 0.238 e. The highest BCUT2D eigenvalue weighted by molar-refractivity contribution is 14.1. The summed E-state index contributed by atoms with van der Waals surface area (Å²) in [5.41, 5.74) is 0.767. The Bertz CT molecular complexity index is 632. The van der Waals surface area contributed by atoms with Crippen LogP contribution >= 0.6 is 22.6 Å². The number of nitrogens with zero attached hydrogens (tertiary/aromatic N) is 2. The highest BCUT2D eigenvalue weighted by Gasteiger charge is 2.12. The van der Waals surface area contributed by atoms with Gasteiger partial charge in [0, 0.05) is 22.2 Å². The molecule has 114 valence electrons. The molecule has 0 bridgehead atoms. The number of nitrogens with one attached hydrogen (secondary N) is 1. The third-order valence-electron chi connectivity index (χ3n) is 2.99. The van der Waals surface area contributed by atoms with E-state index in [2.05, 4.69) is 34.0 Å². The van der Waals surface area contributed by atoms with Crippen molar-refractivity contribution in [3.05, 3.63) is 52.0 Å². The molecule has 2 rings (SSSR count). The molecule has 0 atom stereocenters. The summed E-state index contributed by atoms with van der Waals surface area (Å²) in [6, 6.07) is 13.4. The number of carbonyl (C=O) groups excluding carboxylic acids is 1. The lowest BCUT2D eigenvalue weighted by Crippen LogP contribution is -2.33. The number of amides is 1. The van der Waals surface area contributed by atoms with E-state index in [9.17, 15) is 4.79 Å². The number of furan rings is 1. The first-order valence-electron chi connectivity index (χ1n) is 6.84. The molecular weight excluding hydrogens is 393 g/mol. The van der Waals surface area contributed by atoms with Gasteiger partial charge >= 0.3 is 0 Å². The van der Waals surface area contributed by atoms with Gasteiger partial charge in [-0.2, -0.15) is 5.26 Å². The summed E-state index contributed by atoms with van der Waals surface area (Å²) in [7, 11) is 0. The first kappa shape index (κ1) is 16.5. The lowest BCUT2D eigenvalue weighted by molar-refractivity contribution is -0.117. The third kappa shape index (κ3) is 5.50. The summed E-state index contributed by atoms with van der Waals surface area (Å²) in [5, 5.41) is 11.6. The molecule has 0 saturated carbocycles. The Morgan fingerprint density at radius 3 is 2.73 bits per heavy atom. The minimum absolute atomic E-state index is 0.106. The summed E-state index contributed by atoms with van der Waals surface area (Å²) in [4.78, 5) is 14.0. The maximum atomic E-state index is 12.1. The fraction of sp³-hybridized carbons (Fsp3) is 0.250. The van der Waals surface area contributed by atoms with Gasteiger partial charge in [0.1, 0.15) is 5.76 Å². The van der Waals surface area contributed by atoms with Crippen LogP contribution in [0.5, 0.6) is 0 Å². The average molecular weight is 409 g/mol. The van der Waals surface area contributed by atoms with Crippen LogP contribution in [0.4, 0.5) is 5.69 Å². The largest absolute Gasteiger partial charge is 0.468 e. The molecule has 0 spiro atoms. The van der Waals surface area contributed by atoms with Crippen molar-refractivity contribution in [2.24, 2.45) is 0 Å². The SMILES string of the molecule is N#CCCN(CC(=O)Nc1ccc(I)cc1)Cc1ccco1. The van der Waals surface area contributed by atoms with Gasteiger partial charge in [-0.1, -0.05) is 0 Å². The first-order valence-corrected chi connectivity index (χ1v) is 7.92. The Labute approximate surface area is 143 Å². The van der Waals surface area contributed by atoms with Crippen LogP contribution in [0.15, 0.2) is 47.1 Å². The Hall–Kier alpha value is -1.85. The molecule has 22 heavy (non-hydrogen) atoms. The normalized spacial score (nSPS) is 10.4. The van der Waals surface area contributed by atoms with E-state index in [1.54, 1.807) is 6.26 Å². The Morgan fingerprint density at radius 1 is 1.32 bits per heavy atom. The second-order valence-electron chi connectivity index (χ2n) is 4.75. The second kappa shape index (κ2) is 8.56. The number of nitriles is 1. The van der Waals surface area contributed by atoms with E-state index in [0.29, 0.717) is 19.5 Å². The van der Waals surface area contributed by atoms with Crippen LogP contribution in [-0.4, -0.2) is 23.9 Å². The summed E-state index contributed by atoms with van der Waals surface area (Å²) in [5.74, 6) is 0.672. The van der Waals surface area contributed by atoms with Gasteiger partial charge in [0.2, 0.25) is 5.91 Å². The fourth-order valence-electron chi connectivity index (χ4n) is 1.98. The summed E-state index contributed by atoms with van der Waals surface area (Å²) >= 11 is 2.22. The van der Waals surface area contributed by atoms with Gasteiger partial charge in [-0.15, -0.1) is 0 Å². The minimum atomic E-state index is -0.106. The number of anilines is 1. The van der Waals surface area contributed by atoms with Crippen LogP contribution in [0, 0.1) is 14.9 Å². The lowest BCUT2D eigenvalue weighted by atomic mass is 10.3. The molecule has 0 saturated heterocycles. The van der Waals surface area contributed by atoms with Crippen molar-refractivity contribution in [1.29, 1.82) is 5.26 Å². The van der Waals surface area contributed by atoms with Crippen LogP contribution in [0.25, 0.3) is 0 Å². The minimum Gasteiger partial charge on any atom is -0.468 e. The predicted octanol–water partition coefficient (Wildman–Crippen LogP) is 3.24. The molecule has 5 nitrogen and oxygen atoms in total. The van der Waals surface area contributed by atoms with Crippen molar-refractivity contribution >= 4 is 34.2 Å². The number of carbonyl (C=O) groups is 1. The van der Waals surface area contributed by atoms with Gasteiger partial charge in [-0.05, 0) is 59.0 Å². The summed E-state index contributed by atoms with van der Waals surface area (Å²) in [6.45, 7) is 1.25. The van der Waals surface area contributed by atoms with Gasteiger partial charge < -0.3 is 9.73 Å². The zero-order valence-corrected chi connectivity index (χ0v) is 14.1. The molecule has 1 aromatic heterocycles. The van der Waals surface area contributed by atoms with E-state index in [4.69, 9.17) is 9.68 Å². The Balaban J connectivity index is 1.92. The number of rotatable bonds is 7. The van der Waals surface area contributed by atoms with Crippen LogP contribution in [0.3, 0.4) is 0 Å². The molecule has 0 aliphatic rings. The fourth-order valence-corrected chi connectivity index (χ4v) is 2.34. The summed E-state index contributed by atoms with van der Waals surface area (Å²) in [6.07, 6.45) is 1.97. The molecule has 0 aliphatic heterocycles. The van der Waals surface area contributed by atoms with Crippen molar-refractivity contribution in [1.82, 2.24) is 4.90 Å². The third-order valence-corrected chi connectivity index (χ3v) is 3.71. The van der Waals surface area contributed by atoms with Crippen LogP contribution in [0.2, 0.25) is 0 Å². The molecule has 0 radical (unpaired) electrons. The number of hydrogen-bond donors (Lipinski definition) is 1. The average Bonchev–Trinajstić information content (AvgIpc) is 3.00. The molecule has 2 aromatic rings. The van der Waals surface area contributed by atoms with Crippen LogP contribution in [0.1, 0.15) is 12.2 Å². The zero-order valence-electron chi connectivity index (χ0n) is 12.0. The highest BCUT2D eigenvalue weighted by Crippen LogP contribution is 2.11. The predicted molar refractivity (Wildman–Crippen MR) is 92.0 cm³/mol. The molecule has 0 fully saturated rings. The van der Waals surface area contributed by atoms with E-state index >= 15 is 0 Å². The van der Waals surface area contributed by atoms with Crippen molar-refractivity contribution in [2.45, 2.75) is 13.0 Å². The molecule has 1 heterocycles. The zero-order chi connectivity index (χ0) is 15.8. The van der Waals surface area contributed by atoms with Gasteiger partial charge in [0.15, 0.2) is 0 Å². The van der Waals surface area contributed by atoms with Gasteiger partial charge in [-0.3, -0.25) is 9.69 Å². The maximum absolute atomic E-state index is 12.1. The number of hydrogen-bond acceptors (Lipinski definition) is 4.